The highest BCUT2D eigenvalue weighted by atomic mass is 19.4. The van der Waals surface area contributed by atoms with Gasteiger partial charge in [-0.1, -0.05) is 43.7 Å². The van der Waals surface area contributed by atoms with E-state index in [4.69, 9.17) is 4.74 Å². The Kier molecular flexibility index (Phi) is 10.9. The Morgan fingerprint density at radius 1 is 1.08 bits per heavy atom. The van der Waals surface area contributed by atoms with Crippen molar-refractivity contribution in [3.8, 4) is 0 Å². The highest BCUT2D eigenvalue weighted by Crippen LogP contribution is 2.36. The molecular formula is C29H32F6N2O2. The highest BCUT2D eigenvalue weighted by Gasteiger charge is 2.37. The first-order chi connectivity index (χ1) is 18.2. The Hall–Kier alpha value is -3.56. The number of nitrogens with one attached hydrogen (secondary N) is 1. The predicted octanol–water partition coefficient (Wildman–Crippen LogP) is 8.08. The third-order valence-electron chi connectivity index (χ3n) is 5.70. The first kappa shape index (κ1) is 31.7. The van der Waals surface area contributed by atoms with Crippen LogP contribution in [0.25, 0.3) is 0 Å². The fourth-order valence-corrected chi connectivity index (χ4v) is 3.63. The van der Waals surface area contributed by atoms with Crippen LogP contribution in [-0.2, 0) is 21.9 Å². The van der Waals surface area contributed by atoms with Crippen LogP contribution in [0.15, 0.2) is 82.1 Å². The first-order valence-electron chi connectivity index (χ1n) is 12.4. The monoisotopic (exact) mass is 554 g/mol. The van der Waals surface area contributed by atoms with Gasteiger partial charge in [0.05, 0.1) is 22.8 Å². The summed E-state index contributed by atoms with van der Waals surface area (Å²) in [5, 5.41) is 2.72. The van der Waals surface area contributed by atoms with E-state index in [2.05, 4.69) is 10.3 Å². The van der Waals surface area contributed by atoms with Crippen molar-refractivity contribution in [1.29, 1.82) is 0 Å². The number of carbonyl (C=O) groups is 1. The maximum absolute atomic E-state index is 13.3. The third kappa shape index (κ3) is 9.30. The van der Waals surface area contributed by atoms with E-state index in [1.54, 1.807) is 32.9 Å². The van der Waals surface area contributed by atoms with Crippen molar-refractivity contribution in [2.45, 2.75) is 65.4 Å². The van der Waals surface area contributed by atoms with Crippen molar-refractivity contribution in [3.05, 3.63) is 93.8 Å². The summed E-state index contributed by atoms with van der Waals surface area (Å²) in [5.74, 6) is -0.767. The van der Waals surface area contributed by atoms with E-state index in [1.807, 2.05) is 25.2 Å². The molecule has 10 heteroatoms. The number of rotatable bonds is 8. The zero-order valence-electron chi connectivity index (χ0n) is 22.4. The molecule has 0 heterocycles. The van der Waals surface area contributed by atoms with Gasteiger partial charge in [0.1, 0.15) is 5.84 Å². The Morgan fingerprint density at radius 2 is 1.69 bits per heavy atom. The van der Waals surface area contributed by atoms with Crippen LogP contribution in [0.1, 0.15) is 63.6 Å². The molecule has 0 fully saturated rings. The van der Waals surface area contributed by atoms with Crippen molar-refractivity contribution in [2.24, 2.45) is 4.99 Å². The van der Waals surface area contributed by atoms with Crippen molar-refractivity contribution in [2.75, 3.05) is 7.05 Å². The SMILES string of the molecule is CCC(=CNC(=NC)c1cc(C(F)(F)F)cc(C(F)(F)F)c1)/C=C(/C(=O)OC(C)C)C1=CC=CCC(CC)=C1. The van der Waals surface area contributed by atoms with Gasteiger partial charge >= 0.3 is 18.3 Å². The Morgan fingerprint density at radius 3 is 2.18 bits per heavy atom. The number of amidine groups is 1. The second kappa shape index (κ2) is 13.5. The molecule has 212 valence electrons. The van der Waals surface area contributed by atoms with Crippen LogP contribution in [0.3, 0.4) is 0 Å². The average Bonchev–Trinajstić information content (AvgIpc) is 3.10. The van der Waals surface area contributed by atoms with Crippen LogP contribution in [-0.4, -0.2) is 25.0 Å². The molecule has 1 aromatic carbocycles. The molecule has 2 rings (SSSR count). The van der Waals surface area contributed by atoms with Gasteiger partial charge in [0.25, 0.3) is 0 Å². The van der Waals surface area contributed by atoms with E-state index in [9.17, 15) is 31.1 Å². The molecule has 1 aliphatic carbocycles. The van der Waals surface area contributed by atoms with Gasteiger partial charge in [-0.3, -0.25) is 4.99 Å². The van der Waals surface area contributed by atoms with Gasteiger partial charge in [-0.15, -0.1) is 0 Å². The molecule has 0 unspecified atom stereocenters. The lowest BCUT2D eigenvalue weighted by molar-refractivity contribution is -0.144. The lowest BCUT2D eigenvalue weighted by Crippen LogP contribution is -2.22. The number of benzene rings is 1. The third-order valence-corrected chi connectivity index (χ3v) is 5.70. The standard InChI is InChI=1S/C29H32F6N2O2/c1-6-19-10-8-9-11-21(12-19)25(27(38)39-18(3)4)13-20(7-2)17-37-26(36-5)22-14-23(28(30,31)32)16-24(15-22)29(33,34)35/h8-9,11-18H,6-7,10H2,1-5H3,(H,36,37)/b20-17?,25-13+. The number of aliphatic imine (C=N–C) groups is 1. The van der Waals surface area contributed by atoms with Gasteiger partial charge in [0, 0.05) is 18.8 Å². The van der Waals surface area contributed by atoms with Gasteiger partial charge in [-0.2, -0.15) is 26.3 Å². The summed E-state index contributed by atoms with van der Waals surface area (Å²) in [5.41, 5.74) is -0.741. The van der Waals surface area contributed by atoms with Crippen molar-refractivity contribution >= 4 is 11.8 Å². The Balaban J connectivity index is 2.55. The van der Waals surface area contributed by atoms with Crippen LogP contribution < -0.4 is 5.32 Å². The van der Waals surface area contributed by atoms with Gasteiger partial charge in [-0.25, -0.2) is 4.79 Å². The smallest absolute Gasteiger partial charge is 0.416 e. The number of alkyl halides is 6. The lowest BCUT2D eigenvalue weighted by Gasteiger charge is -2.16. The summed E-state index contributed by atoms with van der Waals surface area (Å²) in [6, 6.07) is 1.27. The first-order valence-corrected chi connectivity index (χ1v) is 12.4. The molecule has 1 N–H and O–H groups in total. The number of hydrogen-bond acceptors (Lipinski definition) is 3. The van der Waals surface area contributed by atoms with E-state index >= 15 is 0 Å². The molecule has 0 bridgehead atoms. The summed E-state index contributed by atoms with van der Waals surface area (Å²) >= 11 is 0. The second-order valence-electron chi connectivity index (χ2n) is 9.01. The van der Waals surface area contributed by atoms with Crippen molar-refractivity contribution < 1.29 is 35.9 Å². The number of nitrogens with zero attached hydrogens (tertiary/aromatic N) is 1. The molecule has 4 nitrogen and oxygen atoms in total. The van der Waals surface area contributed by atoms with Crippen molar-refractivity contribution in [1.82, 2.24) is 5.32 Å². The van der Waals surface area contributed by atoms with E-state index in [0.717, 1.165) is 18.4 Å². The fraction of sp³-hybridized carbons (Fsp3) is 0.379. The minimum atomic E-state index is -4.99. The van der Waals surface area contributed by atoms with E-state index in [1.165, 1.54) is 13.2 Å². The summed E-state index contributed by atoms with van der Waals surface area (Å²) < 4.78 is 85.4. The van der Waals surface area contributed by atoms with Gasteiger partial charge < -0.3 is 10.1 Å². The predicted molar refractivity (Wildman–Crippen MR) is 140 cm³/mol. The maximum atomic E-state index is 13.3. The number of halogens is 6. The molecule has 0 aromatic heterocycles. The molecule has 0 amide bonds. The van der Waals surface area contributed by atoms with Gasteiger partial charge in [0.2, 0.25) is 0 Å². The topological polar surface area (TPSA) is 50.7 Å². The molecule has 39 heavy (non-hydrogen) atoms. The molecule has 0 radical (unpaired) electrons. The Bertz CT molecular complexity index is 1200. The molecular weight excluding hydrogens is 522 g/mol. The summed E-state index contributed by atoms with van der Waals surface area (Å²) in [6.07, 6.45) is 2.03. The summed E-state index contributed by atoms with van der Waals surface area (Å²) in [7, 11) is 1.25. The fourth-order valence-electron chi connectivity index (χ4n) is 3.63. The molecule has 1 aliphatic rings. The number of ether oxygens (including phenoxy) is 1. The molecule has 0 saturated heterocycles. The average molecular weight is 555 g/mol. The number of allylic oxidation sites excluding steroid dienone is 7. The highest BCUT2D eigenvalue weighted by molar-refractivity contribution is 6.00. The van der Waals surface area contributed by atoms with Crippen LogP contribution in [0, 0.1) is 0 Å². The van der Waals surface area contributed by atoms with E-state index in [0.29, 0.717) is 29.7 Å². The largest absolute Gasteiger partial charge is 0.459 e. The number of carbonyl (C=O) groups excluding carboxylic acids is 1. The van der Waals surface area contributed by atoms with Crippen LogP contribution >= 0.6 is 0 Å². The minimum Gasteiger partial charge on any atom is -0.459 e. The summed E-state index contributed by atoms with van der Waals surface area (Å²) in [4.78, 5) is 16.9. The van der Waals surface area contributed by atoms with Gasteiger partial charge in [-0.05, 0) is 68.5 Å². The molecule has 1 aromatic rings. The number of hydrogen-bond donors (Lipinski definition) is 1. The van der Waals surface area contributed by atoms with Gasteiger partial charge in [0.15, 0.2) is 0 Å². The zero-order valence-corrected chi connectivity index (χ0v) is 22.4. The summed E-state index contributed by atoms with van der Waals surface area (Å²) in [6.45, 7) is 7.23. The maximum Gasteiger partial charge on any atom is 0.416 e. The normalized spacial score (nSPS) is 15.6. The quantitative estimate of drug-likeness (QED) is 0.0883. The van der Waals surface area contributed by atoms with Crippen LogP contribution in [0.4, 0.5) is 26.3 Å². The Labute approximate surface area is 224 Å². The number of esters is 1. The molecule has 0 atom stereocenters. The van der Waals surface area contributed by atoms with Crippen molar-refractivity contribution in [3.63, 3.8) is 0 Å². The van der Waals surface area contributed by atoms with Crippen LogP contribution in [0.2, 0.25) is 0 Å². The molecule has 0 spiro atoms. The second-order valence-corrected chi connectivity index (χ2v) is 9.01. The minimum absolute atomic E-state index is 0.0619. The van der Waals surface area contributed by atoms with Crippen LogP contribution in [0.5, 0.6) is 0 Å². The molecule has 0 aliphatic heterocycles. The molecule has 0 saturated carbocycles. The lowest BCUT2D eigenvalue weighted by atomic mass is 9.99. The van der Waals surface area contributed by atoms with E-state index in [-0.39, 0.29) is 29.1 Å². The van der Waals surface area contributed by atoms with E-state index < -0.39 is 29.4 Å². The zero-order chi connectivity index (χ0) is 29.4.